The topological polar surface area (TPSA) is 84.5 Å². The number of aromatic nitrogens is 2. The summed E-state index contributed by atoms with van der Waals surface area (Å²) < 4.78 is 27.8. The van der Waals surface area contributed by atoms with Crippen LogP contribution in [0.5, 0.6) is 0 Å². The van der Waals surface area contributed by atoms with Crippen LogP contribution in [0, 0.1) is 0 Å². The highest BCUT2D eigenvalue weighted by atomic mass is 32.2. The van der Waals surface area contributed by atoms with Crippen LogP contribution in [0.3, 0.4) is 0 Å². The van der Waals surface area contributed by atoms with E-state index in [1.54, 1.807) is 7.05 Å². The summed E-state index contributed by atoms with van der Waals surface area (Å²) in [4.78, 5) is 2.11. The molecule has 2 N–H and O–H groups in total. The van der Waals surface area contributed by atoms with Crippen molar-refractivity contribution in [2.45, 2.75) is 18.2 Å². The molecule has 0 amide bonds. The summed E-state index contributed by atoms with van der Waals surface area (Å²) in [6, 6.07) is 0. The van der Waals surface area contributed by atoms with Gasteiger partial charge in [0.05, 0.1) is 0 Å². The molecule has 110 valence electrons. The molecule has 1 aromatic heterocycles. The van der Waals surface area contributed by atoms with Gasteiger partial charge in [0.15, 0.2) is 5.82 Å². The first-order chi connectivity index (χ1) is 8.78. The van der Waals surface area contributed by atoms with E-state index in [9.17, 15) is 8.42 Å². The first-order valence-electron chi connectivity index (χ1n) is 6.23. The Morgan fingerprint density at radius 3 is 2.42 bits per heavy atom. The predicted octanol–water partition coefficient (Wildman–Crippen LogP) is -0.0354. The number of nitrogens with two attached hydrogens (primary N) is 1. The monoisotopic (exact) mass is 289 g/mol. The summed E-state index contributed by atoms with van der Waals surface area (Å²) in [5.74, 6) is 0.0496. The van der Waals surface area contributed by atoms with Crippen LogP contribution < -0.4 is 5.73 Å². The summed E-state index contributed by atoms with van der Waals surface area (Å²) in [5.41, 5.74) is 5.65. The first kappa shape index (κ1) is 15.9. The third kappa shape index (κ3) is 3.92. The molecule has 0 aliphatic carbocycles. The van der Waals surface area contributed by atoms with Crippen molar-refractivity contribution in [3.05, 3.63) is 6.20 Å². The number of nitrogen functional groups attached to an aromatic ring is 1. The molecule has 0 atom stereocenters. The third-order valence-electron chi connectivity index (χ3n) is 2.81. The van der Waals surface area contributed by atoms with E-state index in [4.69, 9.17) is 5.73 Å². The number of nitrogens with zero attached hydrogens (tertiary/aromatic N) is 4. The summed E-state index contributed by atoms with van der Waals surface area (Å²) >= 11 is 0. The lowest BCUT2D eigenvalue weighted by Crippen LogP contribution is -2.33. The van der Waals surface area contributed by atoms with Crippen LogP contribution in [0.2, 0.25) is 0 Å². The molecule has 0 aromatic carbocycles. The lowest BCUT2D eigenvalue weighted by Gasteiger charge is -2.20. The average Bonchev–Trinajstić information content (AvgIpc) is 2.64. The van der Waals surface area contributed by atoms with Gasteiger partial charge in [-0.25, -0.2) is 8.42 Å². The molecule has 0 saturated carbocycles. The van der Waals surface area contributed by atoms with Gasteiger partial charge in [-0.1, -0.05) is 6.92 Å². The fourth-order valence-electron chi connectivity index (χ4n) is 1.83. The molecule has 7 nitrogen and oxygen atoms in total. The molecule has 0 fully saturated rings. The molecule has 8 heteroatoms. The Bertz CT molecular complexity index is 509. The van der Waals surface area contributed by atoms with Gasteiger partial charge in [0.1, 0.15) is 4.90 Å². The molecule has 1 heterocycles. The molecule has 0 radical (unpaired) electrons. The Morgan fingerprint density at radius 2 is 2.00 bits per heavy atom. The van der Waals surface area contributed by atoms with Crippen molar-refractivity contribution >= 4 is 15.8 Å². The van der Waals surface area contributed by atoms with E-state index in [0.29, 0.717) is 13.1 Å². The smallest absolute Gasteiger partial charge is 0.248 e. The maximum atomic E-state index is 12.5. The van der Waals surface area contributed by atoms with Crippen molar-refractivity contribution in [2.24, 2.45) is 7.05 Å². The molecule has 0 spiro atoms. The van der Waals surface area contributed by atoms with Crippen LogP contribution in [-0.2, 0) is 17.1 Å². The molecule has 0 aliphatic rings. The molecule has 0 aliphatic heterocycles. The Labute approximate surface area is 115 Å². The summed E-state index contributed by atoms with van der Waals surface area (Å²) in [6.45, 7) is 3.56. The summed E-state index contributed by atoms with van der Waals surface area (Å²) in [5, 5.41) is 3.88. The highest BCUT2D eigenvalue weighted by molar-refractivity contribution is 7.89. The second kappa shape index (κ2) is 6.36. The van der Waals surface area contributed by atoms with Crippen LogP contribution in [0.4, 0.5) is 5.82 Å². The Morgan fingerprint density at radius 1 is 1.37 bits per heavy atom. The van der Waals surface area contributed by atoms with E-state index < -0.39 is 10.0 Å². The van der Waals surface area contributed by atoms with Crippen molar-refractivity contribution in [1.82, 2.24) is 19.0 Å². The number of aryl methyl sites for hydroxylation is 1. The highest BCUT2D eigenvalue weighted by Gasteiger charge is 2.27. The standard InChI is InChI=1S/C11H23N5O2S/c1-5-16(8-6-7-14(2)3)19(17,18)10-9-15(4)13-11(10)12/h9H,5-8H2,1-4H3,(H2,12,13). The Hall–Kier alpha value is -1.12. The number of rotatable bonds is 7. The van der Waals surface area contributed by atoms with Gasteiger partial charge in [0, 0.05) is 26.3 Å². The zero-order valence-electron chi connectivity index (χ0n) is 12.0. The maximum Gasteiger partial charge on any atom is 0.248 e. The van der Waals surface area contributed by atoms with Gasteiger partial charge in [-0.05, 0) is 27.1 Å². The summed E-state index contributed by atoms with van der Waals surface area (Å²) in [7, 11) is 2.02. The molecule has 19 heavy (non-hydrogen) atoms. The molecular weight excluding hydrogens is 266 g/mol. The number of anilines is 1. The van der Waals surface area contributed by atoms with E-state index in [2.05, 4.69) is 5.10 Å². The number of sulfonamides is 1. The van der Waals surface area contributed by atoms with Crippen molar-refractivity contribution in [3.8, 4) is 0 Å². The average molecular weight is 289 g/mol. The Balaban J connectivity index is 2.87. The predicted molar refractivity (Wildman–Crippen MR) is 75.2 cm³/mol. The van der Waals surface area contributed by atoms with Gasteiger partial charge >= 0.3 is 0 Å². The first-order valence-corrected chi connectivity index (χ1v) is 7.67. The number of hydrogen-bond donors (Lipinski definition) is 1. The van der Waals surface area contributed by atoms with Crippen molar-refractivity contribution < 1.29 is 8.42 Å². The van der Waals surface area contributed by atoms with Gasteiger partial charge in [0.2, 0.25) is 10.0 Å². The van der Waals surface area contributed by atoms with Crippen LogP contribution in [0.15, 0.2) is 11.1 Å². The fourth-order valence-corrected chi connectivity index (χ4v) is 3.41. The van der Waals surface area contributed by atoms with Crippen molar-refractivity contribution in [1.29, 1.82) is 0 Å². The molecule has 0 saturated heterocycles. The second-order valence-corrected chi connectivity index (χ2v) is 6.61. The van der Waals surface area contributed by atoms with Crippen LogP contribution >= 0.6 is 0 Å². The lowest BCUT2D eigenvalue weighted by atomic mass is 10.4. The third-order valence-corrected chi connectivity index (χ3v) is 4.80. The quantitative estimate of drug-likeness (QED) is 0.761. The molecule has 1 aromatic rings. The van der Waals surface area contributed by atoms with E-state index in [1.165, 1.54) is 15.2 Å². The summed E-state index contributed by atoms with van der Waals surface area (Å²) in [6.07, 6.45) is 2.22. The normalized spacial score (nSPS) is 12.5. The van der Waals surface area contributed by atoms with E-state index in [-0.39, 0.29) is 10.7 Å². The molecule has 0 unspecified atom stereocenters. The molecule has 1 rings (SSSR count). The van der Waals surface area contributed by atoms with Crippen LogP contribution in [-0.4, -0.2) is 61.1 Å². The maximum absolute atomic E-state index is 12.5. The van der Waals surface area contributed by atoms with Crippen LogP contribution in [0.1, 0.15) is 13.3 Å². The van der Waals surface area contributed by atoms with Gasteiger partial charge in [-0.3, -0.25) is 4.68 Å². The SMILES string of the molecule is CCN(CCCN(C)C)S(=O)(=O)c1cn(C)nc1N. The Kier molecular flexibility index (Phi) is 5.33. The van der Waals surface area contributed by atoms with Crippen molar-refractivity contribution in [2.75, 3.05) is 39.5 Å². The zero-order valence-corrected chi connectivity index (χ0v) is 12.8. The second-order valence-electron chi connectivity index (χ2n) is 4.71. The van der Waals surface area contributed by atoms with E-state index in [0.717, 1.165) is 13.0 Å². The van der Waals surface area contributed by atoms with Crippen LogP contribution in [0.25, 0.3) is 0 Å². The largest absolute Gasteiger partial charge is 0.381 e. The minimum atomic E-state index is -3.55. The molecule has 0 bridgehead atoms. The van der Waals surface area contributed by atoms with E-state index in [1.807, 2.05) is 25.9 Å². The van der Waals surface area contributed by atoms with Gasteiger partial charge in [-0.2, -0.15) is 9.40 Å². The van der Waals surface area contributed by atoms with Gasteiger partial charge < -0.3 is 10.6 Å². The fraction of sp³-hybridized carbons (Fsp3) is 0.727. The molecular formula is C11H23N5O2S. The zero-order chi connectivity index (χ0) is 14.6. The van der Waals surface area contributed by atoms with Crippen molar-refractivity contribution in [3.63, 3.8) is 0 Å². The minimum Gasteiger partial charge on any atom is -0.381 e. The minimum absolute atomic E-state index is 0.0496. The van der Waals surface area contributed by atoms with E-state index >= 15 is 0 Å². The van der Waals surface area contributed by atoms with Gasteiger partial charge in [0.25, 0.3) is 0 Å². The highest BCUT2D eigenvalue weighted by Crippen LogP contribution is 2.20. The number of hydrogen-bond acceptors (Lipinski definition) is 5. The van der Waals surface area contributed by atoms with Gasteiger partial charge in [-0.15, -0.1) is 0 Å². The lowest BCUT2D eigenvalue weighted by molar-refractivity contribution is 0.356.